The molecule has 0 saturated carbocycles. The van der Waals surface area contributed by atoms with Gasteiger partial charge in [-0.15, -0.1) is 0 Å². The molecule has 0 atom stereocenters. The molecule has 0 amide bonds. The molecule has 1 aliphatic heterocycles. The fraction of sp³-hybridized carbons (Fsp3) is 0.286. The van der Waals surface area contributed by atoms with E-state index in [1.165, 1.54) is 5.39 Å². The summed E-state index contributed by atoms with van der Waals surface area (Å²) in [6, 6.07) is 7.98. The minimum absolute atomic E-state index is 0.275. The maximum Gasteiger partial charge on any atom is 0.293 e. The summed E-state index contributed by atoms with van der Waals surface area (Å²) in [5.74, 6) is 0.275. The molecule has 94 valence electrons. The first-order valence-corrected chi connectivity index (χ1v) is 5.94. The van der Waals surface area contributed by atoms with Crippen molar-refractivity contribution < 1.29 is 14.3 Å². The lowest BCUT2D eigenvalue weighted by Crippen LogP contribution is -2.13. The molecule has 4 nitrogen and oxygen atoms in total. The van der Waals surface area contributed by atoms with Gasteiger partial charge in [0.15, 0.2) is 5.78 Å². The molecule has 0 N–H and O–H groups in total. The average molecular weight is 245 g/mol. The second-order valence-corrected chi connectivity index (χ2v) is 3.98. The minimum atomic E-state index is 0.275. The van der Waals surface area contributed by atoms with Crippen LogP contribution in [0.3, 0.4) is 0 Å². The summed E-state index contributed by atoms with van der Waals surface area (Å²) >= 11 is 0. The number of carbonyl (C=O) groups excluding carboxylic acids is 2. The standard InChI is InChI=1S/C11H9NO.C3H6O2/c13-10-5-7-12-6-4-8-2-1-3-9(10)11(8)12;1-2-5-3-4/h1-4,6H,5,7H2;3H,2H2,1H3. The number of aryl methyl sites for hydroxylation is 1. The first-order valence-electron chi connectivity index (χ1n) is 5.94. The number of ether oxygens (including phenoxy) is 1. The Kier molecular flexibility index (Phi) is 3.77. The van der Waals surface area contributed by atoms with E-state index >= 15 is 0 Å². The Balaban J connectivity index is 0.000000209. The molecule has 1 aromatic heterocycles. The summed E-state index contributed by atoms with van der Waals surface area (Å²) in [7, 11) is 0. The average Bonchev–Trinajstić information content (AvgIpc) is 2.81. The SMILES string of the molecule is CCOC=O.O=C1CCn2ccc3cccc1c32. The summed E-state index contributed by atoms with van der Waals surface area (Å²) in [6.07, 6.45) is 2.70. The molecule has 0 fully saturated rings. The normalized spacial score (nSPS) is 12.8. The van der Waals surface area contributed by atoms with Gasteiger partial charge in [0.2, 0.25) is 0 Å². The van der Waals surface area contributed by atoms with Gasteiger partial charge in [0.05, 0.1) is 12.1 Å². The molecule has 2 heterocycles. The Hall–Kier alpha value is -2.10. The Labute approximate surface area is 105 Å². The summed E-state index contributed by atoms with van der Waals surface area (Å²) in [4.78, 5) is 20.7. The molecule has 1 aliphatic rings. The highest BCUT2D eigenvalue weighted by Gasteiger charge is 2.17. The van der Waals surface area contributed by atoms with E-state index in [9.17, 15) is 9.59 Å². The van der Waals surface area contributed by atoms with Crippen molar-refractivity contribution in [2.24, 2.45) is 0 Å². The molecule has 0 bridgehead atoms. The molecule has 1 aromatic carbocycles. The molecule has 0 unspecified atom stereocenters. The number of aromatic nitrogens is 1. The molecule has 18 heavy (non-hydrogen) atoms. The highest BCUT2D eigenvalue weighted by molar-refractivity contribution is 6.08. The lowest BCUT2D eigenvalue weighted by molar-refractivity contribution is -0.128. The van der Waals surface area contributed by atoms with E-state index in [0.717, 1.165) is 17.6 Å². The maximum atomic E-state index is 11.6. The number of nitrogens with zero attached hydrogens (tertiary/aromatic N) is 1. The van der Waals surface area contributed by atoms with Crippen LogP contribution in [-0.2, 0) is 16.1 Å². The fourth-order valence-corrected chi connectivity index (χ4v) is 2.10. The number of benzene rings is 1. The molecular formula is C14H15NO3. The zero-order chi connectivity index (χ0) is 13.0. The second-order valence-electron chi connectivity index (χ2n) is 3.98. The summed E-state index contributed by atoms with van der Waals surface area (Å²) in [5, 5.41) is 1.17. The van der Waals surface area contributed by atoms with Gasteiger partial charge in [0, 0.05) is 30.1 Å². The fourth-order valence-electron chi connectivity index (χ4n) is 2.10. The van der Waals surface area contributed by atoms with Crippen LogP contribution in [0.4, 0.5) is 0 Å². The van der Waals surface area contributed by atoms with Gasteiger partial charge in [0.1, 0.15) is 0 Å². The van der Waals surface area contributed by atoms with Gasteiger partial charge in [-0.1, -0.05) is 12.1 Å². The monoisotopic (exact) mass is 245 g/mol. The van der Waals surface area contributed by atoms with Crippen LogP contribution in [-0.4, -0.2) is 23.4 Å². The number of Topliss-reactive ketones (excluding diaryl/α,β-unsaturated/α-hetero) is 1. The summed E-state index contributed by atoms with van der Waals surface area (Å²) in [6.45, 7) is 3.50. The molecular weight excluding hydrogens is 230 g/mol. The topological polar surface area (TPSA) is 48.3 Å². The van der Waals surface area contributed by atoms with Gasteiger partial charge < -0.3 is 9.30 Å². The predicted octanol–water partition coefficient (Wildman–Crippen LogP) is 2.41. The van der Waals surface area contributed by atoms with Crippen LogP contribution in [0.5, 0.6) is 0 Å². The first-order chi connectivity index (χ1) is 8.77. The van der Waals surface area contributed by atoms with Crippen molar-refractivity contribution >= 4 is 23.2 Å². The highest BCUT2D eigenvalue weighted by Crippen LogP contribution is 2.25. The van der Waals surface area contributed by atoms with Crippen molar-refractivity contribution in [3.8, 4) is 0 Å². The summed E-state index contributed by atoms with van der Waals surface area (Å²) in [5.41, 5.74) is 1.99. The van der Waals surface area contributed by atoms with Crippen molar-refractivity contribution in [3.05, 3.63) is 36.0 Å². The van der Waals surface area contributed by atoms with Crippen LogP contribution in [0.1, 0.15) is 23.7 Å². The van der Waals surface area contributed by atoms with Crippen LogP contribution in [0, 0.1) is 0 Å². The molecule has 0 spiro atoms. The third-order valence-electron chi connectivity index (χ3n) is 2.90. The van der Waals surface area contributed by atoms with E-state index in [-0.39, 0.29) is 5.78 Å². The van der Waals surface area contributed by atoms with E-state index in [1.807, 2.05) is 18.2 Å². The minimum Gasteiger partial charge on any atom is -0.468 e. The third-order valence-corrected chi connectivity index (χ3v) is 2.90. The van der Waals surface area contributed by atoms with Crippen molar-refractivity contribution in [1.29, 1.82) is 0 Å². The Bertz CT molecular complexity index is 571. The number of rotatable bonds is 2. The Morgan fingerprint density at radius 2 is 2.22 bits per heavy atom. The predicted molar refractivity (Wildman–Crippen MR) is 68.6 cm³/mol. The van der Waals surface area contributed by atoms with Gasteiger partial charge in [-0.25, -0.2) is 0 Å². The van der Waals surface area contributed by atoms with Crippen molar-refractivity contribution in [1.82, 2.24) is 4.57 Å². The van der Waals surface area contributed by atoms with Crippen LogP contribution in [0.2, 0.25) is 0 Å². The zero-order valence-corrected chi connectivity index (χ0v) is 10.3. The lowest BCUT2D eigenvalue weighted by Gasteiger charge is -2.13. The van der Waals surface area contributed by atoms with Crippen LogP contribution >= 0.6 is 0 Å². The van der Waals surface area contributed by atoms with E-state index < -0.39 is 0 Å². The quantitative estimate of drug-likeness (QED) is 0.763. The number of hydrogen-bond acceptors (Lipinski definition) is 3. The van der Waals surface area contributed by atoms with Gasteiger partial charge in [0.25, 0.3) is 6.47 Å². The van der Waals surface area contributed by atoms with Crippen molar-refractivity contribution in [3.63, 3.8) is 0 Å². The van der Waals surface area contributed by atoms with Gasteiger partial charge in [-0.3, -0.25) is 9.59 Å². The molecule has 0 aliphatic carbocycles. The maximum absolute atomic E-state index is 11.6. The summed E-state index contributed by atoms with van der Waals surface area (Å²) < 4.78 is 6.31. The van der Waals surface area contributed by atoms with Gasteiger partial charge in [-0.2, -0.15) is 0 Å². The van der Waals surface area contributed by atoms with Crippen molar-refractivity contribution in [2.45, 2.75) is 19.9 Å². The smallest absolute Gasteiger partial charge is 0.293 e. The number of para-hydroxylation sites is 1. The number of carbonyl (C=O) groups is 2. The van der Waals surface area contributed by atoms with Gasteiger partial charge >= 0.3 is 0 Å². The van der Waals surface area contributed by atoms with Crippen LogP contribution in [0.25, 0.3) is 10.9 Å². The van der Waals surface area contributed by atoms with Crippen LogP contribution in [0.15, 0.2) is 30.5 Å². The number of ketones is 1. The zero-order valence-electron chi connectivity index (χ0n) is 10.3. The van der Waals surface area contributed by atoms with Crippen molar-refractivity contribution in [2.75, 3.05) is 6.61 Å². The molecule has 0 radical (unpaired) electrons. The van der Waals surface area contributed by atoms with Crippen LogP contribution < -0.4 is 0 Å². The molecule has 2 aromatic rings. The first kappa shape index (κ1) is 12.4. The molecule has 3 rings (SSSR count). The Morgan fingerprint density at radius 1 is 1.39 bits per heavy atom. The number of hydrogen-bond donors (Lipinski definition) is 0. The molecule has 4 heteroatoms. The van der Waals surface area contributed by atoms with E-state index in [0.29, 0.717) is 19.5 Å². The lowest BCUT2D eigenvalue weighted by atomic mass is 10.0. The second kappa shape index (κ2) is 5.49. The van der Waals surface area contributed by atoms with E-state index in [2.05, 4.69) is 21.6 Å². The van der Waals surface area contributed by atoms with Gasteiger partial charge in [-0.05, 0) is 19.1 Å². The highest BCUT2D eigenvalue weighted by atomic mass is 16.5. The third kappa shape index (κ3) is 2.27. The molecule has 0 saturated heterocycles. The van der Waals surface area contributed by atoms with E-state index in [1.54, 1.807) is 6.92 Å². The van der Waals surface area contributed by atoms with E-state index in [4.69, 9.17) is 0 Å². The largest absolute Gasteiger partial charge is 0.468 e. The Morgan fingerprint density at radius 3 is 2.89 bits per heavy atom.